The Morgan fingerprint density at radius 1 is 1.29 bits per heavy atom. The lowest BCUT2D eigenvalue weighted by molar-refractivity contribution is 0.341. The lowest BCUT2D eigenvalue weighted by atomic mass is 9.87. The highest BCUT2D eigenvalue weighted by Crippen LogP contribution is 2.33. The van der Waals surface area contributed by atoms with Gasteiger partial charge < -0.3 is 0 Å². The third-order valence-electron chi connectivity index (χ3n) is 3.87. The van der Waals surface area contributed by atoms with Gasteiger partial charge in [-0.05, 0) is 38.5 Å². The van der Waals surface area contributed by atoms with Crippen molar-refractivity contribution in [1.29, 1.82) is 0 Å². The average Bonchev–Trinajstić information content (AvgIpc) is 1.96. The molecule has 0 heterocycles. The zero-order valence-electron chi connectivity index (χ0n) is 9.71. The van der Waals surface area contributed by atoms with Crippen molar-refractivity contribution in [2.75, 3.05) is 5.75 Å². The molecule has 0 saturated heterocycles. The number of rotatable bonds is 4. The normalized spacial score (nSPS) is 19.8. The summed E-state index contributed by atoms with van der Waals surface area (Å²) >= 11 is 0. The molecule has 0 N–H and O–H groups in total. The van der Waals surface area contributed by atoms with E-state index in [1.807, 2.05) is 27.7 Å². The standard InChI is InChI=1S/C11H22O2S/c1-9(2)11(3,4)14(12,13)8-10-6-5-7-10/h9-10H,5-8H2,1-4H3. The molecule has 1 rings (SSSR count). The van der Waals surface area contributed by atoms with Gasteiger partial charge >= 0.3 is 0 Å². The molecule has 84 valence electrons. The first-order valence-corrected chi connectivity index (χ1v) is 7.15. The Kier molecular flexibility index (Phi) is 3.30. The van der Waals surface area contributed by atoms with E-state index in [0.29, 0.717) is 11.7 Å². The van der Waals surface area contributed by atoms with Crippen LogP contribution in [0.3, 0.4) is 0 Å². The summed E-state index contributed by atoms with van der Waals surface area (Å²) in [7, 11) is -2.92. The van der Waals surface area contributed by atoms with Crippen LogP contribution in [0.2, 0.25) is 0 Å². The van der Waals surface area contributed by atoms with Gasteiger partial charge in [0, 0.05) is 0 Å². The van der Waals surface area contributed by atoms with Gasteiger partial charge in [0.25, 0.3) is 0 Å². The van der Waals surface area contributed by atoms with E-state index in [1.54, 1.807) is 0 Å². The van der Waals surface area contributed by atoms with E-state index < -0.39 is 14.6 Å². The Morgan fingerprint density at radius 3 is 2.07 bits per heavy atom. The quantitative estimate of drug-likeness (QED) is 0.727. The molecule has 0 spiro atoms. The Balaban J connectivity index is 2.72. The van der Waals surface area contributed by atoms with Crippen LogP contribution in [0.5, 0.6) is 0 Å². The first-order valence-electron chi connectivity index (χ1n) is 5.49. The maximum Gasteiger partial charge on any atom is 0.155 e. The molecule has 0 aromatic heterocycles. The second kappa shape index (κ2) is 3.84. The predicted octanol–water partition coefficient (Wildman–Crippen LogP) is 2.64. The molecule has 0 aromatic carbocycles. The first kappa shape index (κ1) is 12.0. The van der Waals surface area contributed by atoms with E-state index in [9.17, 15) is 8.42 Å². The van der Waals surface area contributed by atoms with Crippen molar-refractivity contribution in [1.82, 2.24) is 0 Å². The van der Waals surface area contributed by atoms with E-state index in [-0.39, 0.29) is 5.92 Å². The van der Waals surface area contributed by atoms with Crippen LogP contribution >= 0.6 is 0 Å². The van der Waals surface area contributed by atoms with Crippen LogP contribution in [-0.4, -0.2) is 18.9 Å². The Bertz CT molecular complexity index is 284. The fraction of sp³-hybridized carbons (Fsp3) is 1.00. The number of hydrogen-bond donors (Lipinski definition) is 0. The molecule has 1 aliphatic carbocycles. The van der Waals surface area contributed by atoms with Gasteiger partial charge in [-0.25, -0.2) is 8.42 Å². The van der Waals surface area contributed by atoms with Crippen LogP contribution in [0.25, 0.3) is 0 Å². The molecule has 0 bridgehead atoms. The van der Waals surface area contributed by atoms with Gasteiger partial charge in [-0.15, -0.1) is 0 Å². The van der Waals surface area contributed by atoms with Crippen LogP contribution in [-0.2, 0) is 9.84 Å². The maximum absolute atomic E-state index is 12.1. The van der Waals surface area contributed by atoms with Gasteiger partial charge in [-0.2, -0.15) is 0 Å². The molecule has 1 saturated carbocycles. The molecule has 0 aliphatic heterocycles. The molecular weight excluding hydrogens is 196 g/mol. The minimum absolute atomic E-state index is 0.188. The summed E-state index contributed by atoms with van der Waals surface area (Å²) in [5, 5.41) is 0. The second-order valence-corrected chi connectivity index (χ2v) is 7.95. The summed E-state index contributed by atoms with van der Waals surface area (Å²) < 4.78 is 23.6. The third-order valence-corrected chi connectivity index (χ3v) is 6.86. The van der Waals surface area contributed by atoms with E-state index in [2.05, 4.69) is 0 Å². The highest BCUT2D eigenvalue weighted by atomic mass is 32.2. The Labute approximate surface area is 88.0 Å². The topological polar surface area (TPSA) is 34.1 Å². The number of sulfone groups is 1. The van der Waals surface area contributed by atoms with Crippen LogP contribution < -0.4 is 0 Å². The van der Waals surface area contributed by atoms with Crippen LogP contribution in [0.1, 0.15) is 47.0 Å². The van der Waals surface area contributed by atoms with Crippen molar-refractivity contribution in [3.63, 3.8) is 0 Å². The minimum atomic E-state index is -2.92. The summed E-state index contributed by atoms with van der Waals surface area (Å²) in [5.41, 5.74) is 0. The zero-order chi connectivity index (χ0) is 11.0. The highest BCUT2D eigenvalue weighted by molar-refractivity contribution is 7.92. The largest absolute Gasteiger partial charge is 0.228 e. The fourth-order valence-electron chi connectivity index (χ4n) is 1.54. The molecular formula is C11H22O2S. The van der Waals surface area contributed by atoms with Crippen molar-refractivity contribution >= 4 is 9.84 Å². The number of hydrogen-bond acceptors (Lipinski definition) is 2. The summed E-state index contributed by atoms with van der Waals surface area (Å²) in [6, 6.07) is 0. The molecule has 3 heteroatoms. The average molecular weight is 218 g/mol. The molecule has 1 fully saturated rings. The monoisotopic (exact) mass is 218 g/mol. The van der Waals surface area contributed by atoms with Gasteiger partial charge in [0.05, 0.1) is 10.5 Å². The van der Waals surface area contributed by atoms with Crippen molar-refractivity contribution in [2.45, 2.75) is 51.7 Å². The van der Waals surface area contributed by atoms with Crippen molar-refractivity contribution in [2.24, 2.45) is 11.8 Å². The smallest absolute Gasteiger partial charge is 0.155 e. The van der Waals surface area contributed by atoms with Crippen molar-refractivity contribution in [3.05, 3.63) is 0 Å². The van der Waals surface area contributed by atoms with Crippen LogP contribution in [0, 0.1) is 11.8 Å². The summed E-state index contributed by atoms with van der Waals surface area (Å²) in [6.07, 6.45) is 3.42. The molecule has 0 atom stereocenters. The third kappa shape index (κ3) is 2.13. The molecule has 0 aromatic rings. The van der Waals surface area contributed by atoms with Gasteiger partial charge in [0.1, 0.15) is 0 Å². The lowest BCUT2D eigenvalue weighted by Crippen LogP contribution is -2.41. The van der Waals surface area contributed by atoms with Crippen LogP contribution in [0.15, 0.2) is 0 Å². The lowest BCUT2D eigenvalue weighted by Gasteiger charge is -2.33. The molecule has 0 unspecified atom stereocenters. The second-order valence-electron chi connectivity index (χ2n) is 5.34. The SMILES string of the molecule is CC(C)C(C)(C)S(=O)(=O)CC1CCC1. The van der Waals surface area contributed by atoms with Crippen molar-refractivity contribution < 1.29 is 8.42 Å². The Hall–Kier alpha value is -0.0500. The Morgan fingerprint density at radius 2 is 1.79 bits per heavy atom. The summed E-state index contributed by atoms with van der Waals surface area (Å²) in [4.78, 5) is 0. The summed E-state index contributed by atoms with van der Waals surface area (Å²) in [5.74, 6) is 1.03. The van der Waals surface area contributed by atoms with Gasteiger partial charge in [0.15, 0.2) is 9.84 Å². The predicted molar refractivity (Wildman–Crippen MR) is 60.0 cm³/mol. The zero-order valence-corrected chi connectivity index (χ0v) is 10.5. The van der Waals surface area contributed by atoms with E-state index >= 15 is 0 Å². The van der Waals surface area contributed by atoms with E-state index in [1.165, 1.54) is 6.42 Å². The molecule has 0 amide bonds. The maximum atomic E-state index is 12.1. The summed E-state index contributed by atoms with van der Waals surface area (Å²) in [6.45, 7) is 7.67. The van der Waals surface area contributed by atoms with Gasteiger partial charge in [-0.1, -0.05) is 20.3 Å². The molecule has 1 aliphatic rings. The van der Waals surface area contributed by atoms with Crippen molar-refractivity contribution in [3.8, 4) is 0 Å². The highest BCUT2D eigenvalue weighted by Gasteiger charge is 2.39. The first-order chi connectivity index (χ1) is 6.27. The van der Waals surface area contributed by atoms with E-state index in [4.69, 9.17) is 0 Å². The van der Waals surface area contributed by atoms with Crippen LogP contribution in [0.4, 0.5) is 0 Å². The fourth-order valence-corrected chi connectivity index (χ4v) is 3.65. The minimum Gasteiger partial charge on any atom is -0.228 e. The van der Waals surface area contributed by atoms with Gasteiger partial charge in [0.2, 0.25) is 0 Å². The molecule has 14 heavy (non-hydrogen) atoms. The van der Waals surface area contributed by atoms with E-state index in [0.717, 1.165) is 12.8 Å². The molecule has 0 radical (unpaired) electrons. The van der Waals surface area contributed by atoms with Gasteiger partial charge in [-0.3, -0.25) is 0 Å². The molecule has 2 nitrogen and oxygen atoms in total.